The van der Waals surface area contributed by atoms with Gasteiger partial charge in [0, 0.05) is 18.0 Å². The third-order valence-electron chi connectivity index (χ3n) is 2.71. The van der Waals surface area contributed by atoms with Crippen molar-refractivity contribution in [3.63, 3.8) is 0 Å². The van der Waals surface area contributed by atoms with E-state index >= 15 is 0 Å². The van der Waals surface area contributed by atoms with Crippen LogP contribution < -0.4 is 5.32 Å². The summed E-state index contributed by atoms with van der Waals surface area (Å²) in [6, 6.07) is 4.00. The molecule has 0 spiro atoms. The molecule has 0 radical (unpaired) electrons. The molecule has 0 aromatic heterocycles. The molecule has 0 aliphatic carbocycles. The first-order valence-corrected chi connectivity index (χ1v) is 5.97. The number of hydrogen-bond acceptors (Lipinski definition) is 2. The first-order chi connectivity index (χ1) is 8.56. The quantitative estimate of drug-likeness (QED) is 0.914. The number of carbonyl (C=O) groups is 2. The molecule has 6 heteroatoms. The molecule has 1 heterocycles. The minimum absolute atomic E-state index is 0.0401. The fraction of sp³-hybridized carbons (Fsp3) is 0.333. The molecule has 2 amide bonds. The number of amides is 2. The van der Waals surface area contributed by atoms with Crippen LogP contribution in [0.1, 0.15) is 12.8 Å². The van der Waals surface area contributed by atoms with Gasteiger partial charge in [0.2, 0.25) is 11.8 Å². The zero-order valence-corrected chi connectivity index (χ0v) is 10.3. The Balaban J connectivity index is 1.96. The number of carbonyl (C=O) groups excluding carboxylic acids is 2. The third-order valence-corrected chi connectivity index (χ3v) is 2.95. The third kappa shape index (κ3) is 2.98. The van der Waals surface area contributed by atoms with Crippen LogP contribution in [0.25, 0.3) is 0 Å². The number of nitrogens with one attached hydrogen (secondary N) is 1. The zero-order valence-electron chi connectivity index (χ0n) is 9.58. The molecule has 1 aliphatic rings. The average Bonchev–Trinajstić information content (AvgIpc) is 2.69. The van der Waals surface area contributed by atoms with Crippen LogP contribution in [0.3, 0.4) is 0 Å². The van der Waals surface area contributed by atoms with Crippen LogP contribution in [-0.2, 0) is 9.59 Å². The van der Waals surface area contributed by atoms with Crippen molar-refractivity contribution in [1.82, 2.24) is 4.90 Å². The van der Waals surface area contributed by atoms with Gasteiger partial charge in [-0.05, 0) is 24.6 Å². The van der Waals surface area contributed by atoms with Crippen LogP contribution in [0.2, 0.25) is 5.02 Å². The lowest BCUT2D eigenvalue weighted by molar-refractivity contribution is -0.131. The van der Waals surface area contributed by atoms with Gasteiger partial charge in [0.1, 0.15) is 5.82 Å². The van der Waals surface area contributed by atoms with Crippen molar-refractivity contribution in [2.75, 3.05) is 18.4 Å². The minimum atomic E-state index is -0.594. The monoisotopic (exact) mass is 270 g/mol. The van der Waals surface area contributed by atoms with Crippen molar-refractivity contribution in [2.24, 2.45) is 0 Å². The second-order valence-electron chi connectivity index (χ2n) is 4.09. The summed E-state index contributed by atoms with van der Waals surface area (Å²) in [5, 5.41) is 2.68. The van der Waals surface area contributed by atoms with Crippen LogP contribution >= 0.6 is 11.6 Å². The number of nitrogens with zero attached hydrogens (tertiary/aromatic N) is 1. The summed E-state index contributed by atoms with van der Waals surface area (Å²) in [4.78, 5) is 24.4. The summed E-state index contributed by atoms with van der Waals surface area (Å²) in [5.41, 5.74) is 0.0658. The summed E-state index contributed by atoms with van der Waals surface area (Å²) in [7, 11) is 0. The predicted molar refractivity (Wildman–Crippen MR) is 65.9 cm³/mol. The molecular formula is C12H12ClFN2O2. The summed E-state index contributed by atoms with van der Waals surface area (Å²) < 4.78 is 13.4. The van der Waals surface area contributed by atoms with E-state index in [0.717, 1.165) is 12.5 Å². The van der Waals surface area contributed by atoms with Gasteiger partial charge in [-0.2, -0.15) is 0 Å². The highest BCUT2D eigenvalue weighted by molar-refractivity contribution is 6.30. The maximum absolute atomic E-state index is 13.4. The highest BCUT2D eigenvalue weighted by Gasteiger charge is 2.22. The van der Waals surface area contributed by atoms with Crippen LogP contribution in [0, 0.1) is 5.82 Å². The summed E-state index contributed by atoms with van der Waals surface area (Å²) in [5.74, 6) is -1.04. The smallest absolute Gasteiger partial charge is 0.244 e. The van der Waals surface area contributed by atoms with E-state index in [1.54, 1.807) is 0 Å². The van der Waals surface area contributed by atoms with E-state index in [1.807, 2.05) is 0 Å². The van der Waals surface area contributed by atoms with Gasteiger partial charge in [0.05, 0.1) is 12.2 Å². The first kappa shape index (κ1) is 12.8. The largest absolute Gasteiger partial charge is 0.333 e. The van der Waals surface area contributed by atoms with Gasteiger partial charge in [-0.15, -0.1) is 0 Å². The highest BCUT2D eigenvalue weighted by Crippen LogP contribution is 2.19. The Morgan fingerprint density at radius 3 is 2.89 bits per heavy atom. The molecule has 18 heavy (non-hydrogen) atoms. The van der Waals surface area contributed by atoms with Gasteiger partial charge in [0.15, 0.2) is 0 Å². The number of hydrogen-bond donors (Lipinski definition) is 1. The van der Waals surface area contributed by atoms with Crippen LogP contribution in [-0.4, -0.2) is 29.8 Å². The molecule has 1 fully saturated rings. The maximum Gasteiger partial charge on any atom is 0.244 e. The molecule has 1 saturated heterocycles. The molecule has 0 bridgehead atoms. The van der Waals surface area contributed by atoms with Gasteiger partial charge >= 0.3 is 0 Å². The van der Waals surface area contributed by atoms with Crippen LogP contribution in [0.15, 0.2) is 18.2 Å². The lowest BCUT2D eigenvalue weighted by Gasteiger charge is -2.15. The van der Waals surface area contributed by atoms with Crippen molar-refractivity contribution in [1.29, 1.82) is 0 Å². The fourth-order valence-electron chi connectivity index (χ4n) is 1.83. The summed E-state index contributed by atoms with van der Waals surface area (Å²) in [6.45, 7) is 0.538. The summed E-state index contributed by atoms with van der Waals surface area (Å²) in [6.07, 6.45) is 1.24. The van der Waals surface area contributed by atoms with Gasteiger partial charge in [0.25, 0.3) is 0 Å². The number of anilines is 1. The van der Waals surface area contributed by atoms with Crippen LogP contribution in [0.4, 0.5) is 10.1 Å². The van der Waals surface area contributed by atoms with E-state index in [9.17, 15) is 14.0 Å². The average molecular weight is 271 g/mol. The van der Waals surface area contributed by atoms with E-state index in [1.165, 1.54) is 17.0 Å². The molecule has 1 aliphatic heterocycles. The Morgan fingerprint density at radius 2 is 2.28 bits per heavy atom. The Morgan fingerprint density at radius 1 is 1.50 bits per heavy atom. The molecule has 0 atom stereocenters. The molecule has 4 nitrogen and oxygen atoms in total. The molecule has 0 saturated carbocycles. The second kappa shape index (κ2) is 5.35. The van der Waals surface area contributed by atoms with E-state index in [4.69, 9.17) is 11.6 Å². The molecule has 2 rings (SSSR count). The van der Waals surface area contributed by atoms with E-state index in [-0.39, 0.29) is 23.2 Å². The molecule has 0 unspecified atom stereocenters. The van der Waals surface area contributed by atoms with Gasteiger partial charge < -0.3 is 10.2 Å². The SMILES string of the molecule is O=C(CN1CCCC1=O)Nc1ccc(Cl)cc1F. The van der Waals surface area contributed by atoms with Crippen molar-refractivity contribution < 1.29 is 14.0 Å². The van der Waals surface area contributed by atoms with Crippen molar-refractivity contribution >= 4 is 29.1 Å². The topological polar surface area (TPSA) is 49.4 Å². The summed E-state index contributed by atoms with van der Waals surface area (Å²) >= 11 is 5.60. The van der Waals surface area contributed by atoms with E-state index < -0.39 is 11.7 Å². The van der Waals surface area contributed by atoms with E-state index in [0.29, 0.717) is 13.0 Å². The minimum Gasteiger partial charge on any atom is -0.333 e. The molecule has 1 aromatic rings. The maximum atomic E-state index is 13.4. The Hall–Kier alpha value is -1.62. The van der Waals surface area contributed by atoms with Crippen molar-refractivity contribution in [3.05, 3.63) is 29.0 Å². The number of halogens is 2. The van der Waals surface area contributed by atoms with Gasteiger partial charge in [-0.1, -0.05) is 11.6 Å². The molecule has 1 aromatic carbocycles. The first-order valence-electron chi connectivity index (χ1n) is 5.59. The lowest BCUT2D eigenvalue weighted by atomic mass is 10.3. The van der Waals surface area contributed by atoms with Gasteiger partial charge in [-0.3, -0.25) is 9.59 Å². The fourth-order valence-corrected chi connectivity index (χ4v) is 1.98. The van der Waals surface area contributed by atoms with Crippen molar-refractivity contribution in [3.8, 4) is 0 Å². The van der Waals surface area contributed by atoms with Gasteiger partial charge in [-0.25, -0.2) is 4.39 Å². The van der Waals surface area contributed by atoms with Crippen LogP contribution in [0.5, 0.6) is 0 Å². The van der Waals surface area contributed by atoms with E-state index in [2.05, 4.69) is 5.32 Å². The molecule has 96 valence electrons. The number of likely N-dealkylation sites (tertiary alicyclic amines) is 1. The highest BCUT2D eigenvalue weighted by atomic mass is 35.5. The standard InChI is InChI=1S/C12H12ClFN2O2/c13-8-3-4-10(9(14)6-8)15-11(17)7-16-5-1-2-12(16)18/h3-4,6H,1-2,5,7H2,(H,15,17). The Bertz CT molecular complexity index is 493. The lowest BCUT2D eigenvalue weighted by Crippen LogP contribution is -2.34. The van der Waals surface area contributed by atoms with Crippen molar-refractivity contribution in [2.45, 2.75) is 12.8 Å². The number of benzene rings is 1. The number of rotatable bonds is 3. The Labute approximate surface area is 109 Å². The second-order valence-corrected chi connectivity index (χ2v) is 4.53. The molecule has 1 N–H and O–H groups in total. The predicted octanol–water partition coefficient (Wildman–Crippen LogP) is 2.04. The normalized spacial score (nSPS) is 15.0. The Kier molecular flexibility index (Phi) is 3.81. The molecular weight excluding hydrogens is 259 g/mol. The zero-order chi connectivity index (χ0) is 13.1.